The van der Waals surface area contributed by atoms with Gasteiger partial charge in [-0.3, -0.25) is 4.79 Å². The molecule has 0 fully saturated rings. The Labute approximate surface area is 379 Å². The van der Waals surface area contributed by atoms with Crippen LogP contribution >= 0.6 is 0 Å². The molecule has 0 amide bonds. The Hall–Kier alpha value is -7.05. The van der Waals surface area contributed by atoms with E-state index in [9.17, 15) is 4.79 Å². The Morgan fingerprint density at radius 1 is 0.677 bits per heavy atom. The van der Waals surface area contributed by atoms with Gasteiger partial charge in [-0.05, 0) is 177 Å². The molecule has 0 atom stereocenters. The van der Waals surface area contributed by atoms with E-state index in [4.69, 9.17) is 9.73 Å². The van der Waals surface area contributed by atoms with Crippen LogP contribution in [-0.4, -0.2) is 23.9 Å². The van der Waals surface area contributed by atoms with Crippen LogP contribution in [0.4, 0.5) is 4.32 Å². The topological polar surface area (TPSA) is 43.6 Å². The second-order valence-corrected chi connectivity index (χ2v) is 18.3. The van der Waals surface area contributed by atoms with E-state index in [1.54, 1.807) is 4.48 Å². The number of fused-ring (bicyclic) bond motifs is 8. The number of rotatable bonds is 8. The molecule has 0 spiro atoms. The maximum Gasteiger partial charge on any atom is 0.495 e. The number of ether oxygens (including phenoxy) is 1. The van der Waals surface area contributed by atoms with Gasteiger partial charge < -0.3 is 13.5 Å². The van der Waals surface area contributed by atoms with E-state index in [1.165, 1.54) is 70.9 Å². The lowest BCUT2D eigenvalue weighted by atomic mass is 9.87. The minimum atomic E-state index is -0.257. The third-order valence-corrected chi connectivity index (χ3v) is 14.3. The molecule has 1 radical (unpaired) electrons. The maximum atomic E-state index is 15.7. The highest BCUT2D eigenvalue weighted by atomic mass is 19.1. The minimum absolute atomic E-state index is 0.257. The van der Waals surface area contributed by atoms with Gasteiger partial charge in [-0.15, -0.1) is 0 Å². The predicted molar refractivity (Wildman–Crippen MR) is 266 cm³/mol. The van der Waals surface area contributed by atoms with Crippen molar-refractivity contribution in [2.24, 2.45) is 4.99 Å². The fourth-order valence-corrected chi connectivity index (χ4v) is 11.5. The average molecular weight is 846 g/mol. The van der Waals surface area contributed by atoms with Gasteiger partial charge in [0.05, 0.1) is 11.4 Å². The molecule has 0 N–H and O–H groups in total. The maximum absolute atomic E-state index is 15.7. The molecule has 0 saturated carbocycles. The first-order chi connectivity index (χ1) is 31.9. The zero-order valence-electron chi connectivity index (χ0n) is 36.8. The van der Waals surface area contributed by atoms with Gasteiger partial charge in [-0.25, -0.2) is 4.99 Å². The van der Waals surface area contributed by atoms with Crippen LogP contribution in [-0.2, 0) is 30.5 Å². The monoisotopic (exact) mass is 845 g/mol. The third-order valence-electron chi connectivity index (χ3n) is 14.3. The number of carbonyl (C=O) groups is 1. The van der Waals surface area contributed by atoms with Crippen molar-refractivity contribution in [1.82, 2.24) is 4.48 Å². The van der Waals surface area contributed by atoms with Gasteiger partial charge in [0, 0.05) is 34.5 Å². The summed E-state index contributed by atoms with van der Waals surface area (Å²) in [7, 11) is 0.727. The molecule has 12 rings (SSSR count). The van der Waals surface area contributed by atoms with Crippen molar-refractivity contribution in [1.29, 1.82) is 0 Å². The molecular weight excluding hydrogens is 798 g/mol. The lowest BCUT2D eigenvalue weighted by molar-refractivity contribution is -0.134. The fourth-order valence-electron chi connectivity index (χ4n) is 11.5. The van der Waals surface area contributed by atoms with Crippen LogP contribution in [0, 0.1) is 13.8 Å². The first-order valence-electron chi connectivity index (χ1n) is 23.2. The molecule has 0 unspecified atom stereocenters. The van der Waals surface area contributed by atoms with Crippen molar-refractivity contribution < 1.29 is 13.8 Å². The molecule has 9 aromatic rings. The van der Waals surface area contributed by atoms with Crippen molar-refractivity contribution >= 4 is 68.0 Å². The molecule has 1 aromatic heterocycles. The number of allylic oxidation sites excluding steroid dienone is 2. The summed E-state index contributed by atoms with van der Waals surface area (Å²) in [5, 5.41) is 10.2. The van der Waals surface area contributed by atoms with E-state index in [0.29, 0.717) is 18.6 Å². The van der Waals surface area contributed by atoms with Crippen molar-refractivity contribution in [2.75, 3.05) is 0 Å². The van der Waals surface area contributed by atoms with E-state index in [2.05, 4.69) is 135 Å². The van der Waals surface area contributed by atoms with Crippen LogP contribution in [0.3, 0.4) is 0 Å². The number of aromatic nitrogens is 1. The number of halogens is 1. The molecule has 65 heavy (non-hydrogen) atoms. The third kappa shape index (κ3) is 6.56. The SMILES string of the molecule is Cc1cc(OC(=O)CCCc2ccc3c4cccc5cccc(c6cccc2c63)c54)cc(C)c1/C(=C1\C=C2CCCc3ccccc3C2=N1)c1cc2c(n1[B]F)-c1ccccc1CCC2. The largest absolute Gasteiger partial charge is 0.495 e. The van der Waals surface area contributed by atoms with E-state index >= 15 is 4.32 Å². The summed E-state index contributed by atoms with van der Waals surface area (Å²) in [4.78, 5) is 19.1. The summed E-state index contributed by atoms with van der Waals surface area (Å²) in [6, 6.07) is 47.4. The Morgan fingerprint density at radius 2 is 1.31 bits per heavy atom. The highest BCUT2D eigenvalue weighted by Crippen LogP contribution is 2.45. The molecule has 2 aliphatic carbocycles. The molecule has 0 bridgehead atoms. The molecule has 8 aromatic carbocycles. The second-order valence-electron chi connectivity index (χ2n) is 18.3. The number of carbonyl (C=O) groups excluding carboxylic acids is 1. The van der Waals surface area contributed by atoms with E-state index in [0.717, 1.165) is 109 Å². The molecule has 1 aliphatic heterocycles. The molecule has 3 aliphatic rings. The molecule has 0 saturated heterocycles. The summed E-state index contributed by atoms with van der Waals surface area (Å²) in [6.45, 7) is 4.12. The van der Waals surface area contributed by atoms with Crippen molar-refractivity contribution in [3.63, 3.8) is 0 Å². The lowest BCUT2D eigenvalue weighted by Crippen LogP contribution is -2.11. The van der Waals surface area contributed by atoms with Gasteiger partial charge in [0.1, 0.15) is 5.75 Å². The zero-order chi connectivity index (χ0) is 43.8. The number of esters is 1. The van der Waals surface area contributed by atoms with Crippen LogP contribution in [0.1, 0.15) is 82.3 Å². The average Bonchev–Trinajstić information content (AvgIpc) is 3.79. The lowest BCUT2D eigenvalue weighted by Gasteiger charge is -2.20. The van der Waals surface area contributed by atoms with E-state index in [-0.39, 0.29) is 5.97 Å². The van der Waals surface area contributed by atoms with Crippen LogP contribution in [0.2, 0.25) is 0 Å². The van der Waals surface area contributed by atoms with Crippen LogP contribution in [0.15, 0.2) is 156 Å². The highest BCUT2D eigenvalue weighted by molar-refractivity contribution is 6.33. The normalized spacial score (nSPS) is 15.2. The predicted octanol–water partition coefficient (Wildman–Crippen LogP) is 14.1. The summed E-state index contributed by atoms with van der Waals surface area (Å²) in [5.41, 5.74) is 15.6. The number of hydrogen-bond acceptors (Lipinski definition) is 3. The standard InChI is InChI=1S/C59H47BFN2O2/c1-35-31-43(65-53(64)28-11-17-39-29-30-50-48-26-10-19-40-18-9-25-47(55(40)48)49-27-12-24-44(39)56(49)50)32-36(2)54(35)57(51-33-41-20-7-15-37-13-3-5-22-45(37)58(41)62-51)52-34-42-21-8-16-38-14-4-6-23-46(38)59(42)63(52)60-61/h3-6,9-10,12-14,18-19,22-27,29-34H,7-8,11,15-17,20-21,28H2,1-2H3/b57-51+. The number of hydrogen-bond donors (Lipinski definition) is 0. The van der Waals surface area contributed by atoms with Crippen LogP contribution in [0.25, 0.3) is 59.9 Å². The smallest absolute Gasteiger partial charge is 0.427 e. The minimum Gasteiger partial charge on any atom is -0.427 e. The van der Waals surface area contributed by atoms with Gasteiger partial charge >= 0.3 is 13.7 Å². The summed E-state index contributed by atoms with van der Waals surface area (Å²) in [5.74, 6) is 0.257. The molecular formula is C59H47BFN2O2. The number of nitrogens with zero attached hydrogens (tertiary/aromatic N) is 2. The summed E-state index contributed by atoms with van der Waals surface area (Å²) in [6.07, 6.45) is 9.72. The second kappa shape index (κ2) is 15.9. The van der Waals surface area contributed by atoms with E-state index < -0.39 is 0 Å². The summed E-state index contributed by atoms with van der Waals surface area (Å²) >= 11 is 0. The molecule has 4 nitrogen and oxygen atoms in total. The van der Waals surface area contributed by atoms with Crippen molar-refractivity contribution in [2.45, 2.75) is 71.6 Å². The number of aliphatic imine (C=N–C) groups is 1. The number of aryl methyl sites for hydroxylation is 6. The van der Waals surface area contributed by atoms with Gasteiger partial charge in [0.15, 0.2) is 0 Å². The quantitative estimate of drug-likeness (QED) is 0.0503. The van der Waals surface area contributed by atoms with E-state index in [1.807, 2.05) is 18.2 Å². The van der Waals surface area contributed by atoms with Gasteiger partial charge in [-0.1, -0.05) is 115 Å². The number of benzene rings is 8. The molecule has 6 heteroatoms. The zero-order valence-corrected chi connectivity index (χ0v) is 36.8. The van der Waals surface area contributed by atoms with Gasteiger partial charge in [0.2, 0.25) is 0 Å². The Morgan fingerprint density at radius 3 is 2.06 bits per heavy atom. The highest BCUT2D eigenvalue weighted by Gasteiger charge is 2.30. The Kier molecular flexibility index (Phi) is 9.66. The molecule has 315 valence electrons. The first kappa shape index (κ1) is 39.5. The first-order valence-corrected chi connectivity index (χ1v) is 23.2. The van der Waals surface area contributed by atoms with Crippen LogP contribution < -0.4 is 4.74 Å². The Bertz CT molecular complexity index is 3460. The molecule has 2 heterocycles. The summed E-state index contributed by atoms with van der Waals surface area (Å²) < 4.78 is 23.6. The van der Waals surface area contributed by atoms with Gasteiger partial charge in [0.25, 0.3) is 0 Å². The van der Waals surface area contributed by atoms with Crippen molar-refractivity contribution in [3.05, 3.63) is 201 Å². The van der Waals surface area contributed by atoms with Gasteiger partial charge in [-0.2, -0.15) is 0 Å². The van der Waals surface area contributed by atoms with Crippen LogP contribution in [0.5, 0.6) is 5.75 Å². The fraction of sp³-hybridized carbons (Fsp3) is 0.186. The van der Waals surface area contributed by atoms with Crippen molar-refractivity contribution in [3.8, 4) is 17.0 Å². The Balaban J connectivity index is 0.877.